The number of benzene rings is 3. The molecule has 4 rings (SSSR count). The van der Waals surface area contributed by atoms with Gasteiger partial charge < -0.3 is 10.6 Å². The van der Waals surface area contributed by atoms with E-state index in [1.165, 1.54) is 16.7 Å². The molecular weight excluding hydrogens is 356 g/mol. The summed E-state index contributed by atoms with van der Waals surface area (Å²) in [6.07, 6.45) is 2.71. The lowest BCUT2D eigenvalue weighted by Gasteiger charge is -2.13. The van der Waals surface area contributed by atoms with Crippen molar-refractivity contribution < 1.29 is 0 Å². The van der Waals surface area contributed by atoms with Crippen molar-refractivity contribution in [1.29, 1.82) is 0 Å². The zero-order chi connectivity index (χ0) is 19.7. The number of aromatic nitrogens is 2. The number of nitrogens with one attached hydrogen (secondary N) is 2. The van der Waals surface area contributed by atoms with Gasteiger partial charge >= 0.3 is 0 Å². The zero-order valence-corrected chi connectivity index (χ0v) is 16.3. The lowest BCUT2D eigenvalue weighted by Crippen LogP contribution is -2.10. The van der Waals surface area contributed by atoms with E-state index >= 15 is 0 Å². The maximum Gasteiger partial charge on any atom is 0.224 e. The molecule has 4 nitrogen and oxygen atoms in total. The quantitative estimate of drug-likeness (QED) is 0.436. The number of hydrogen-bond donors (Lipinski definition) is 2. The van der Waals surface area contributed by atoms with E-state index in [9.17, 15) is 0 Å². The summed E-state index contributed by atoms with van der Waals surface area (Å²) in [5, 5.41) is 6.83. The van der Waals surface area contributed by atoms with Crippen molar-refractivity contribution in [2.75, 3.05) is 10.6 Å². The smallest absolute Gasteiger partial charge is 0.224 e. The van der Waals surface area contributed by atoms with E-state index in [2.05, 4.69) is 76.3 Å². The highest BCUT2D eigenvalue weighted by Gasteiger charge is 2.09. The van der Waals surface area contributed by atoms with Crippen molar-refractivity contribution in [3.05, 3.63) is 119 Å². The van der Waals surface area contributed by atoms with Crippen molar-refractivity contribution in [3.63, 3.8) is 0 Å². The van der Waals surface area contributed by atoms with Gasteiger partial charge in [0.2, 0.25) is 5.95 Å². The Morgan fingerprint density at radius 3 is 1.69 bits per heavy atom. The zero-order valence-electron chi connectivity index (χ0n) is 16.3. The molecule has 0 atom stereocenters. The van der Waals surface area contributed by atoms with E-state index in [1.807, 2.05) is 36.5 Å². The van der Waals surface area contributed by atoms with Crippen LogP contribution in [0.5, 0.6) is 0 Å². The molecular formula is C25H24N4. The van der Waals surface area contributed by atoms with Gasteiger partial charge in [0.15, 0.2) is 0 Å². The van der Waals surface area contributed by atoms with Gasteiger partial charge in [-0.3, -0.25) is 0 Å². The molecule has 0 unspecified atom stereocenters. The highest BCUT2D eigenvalue weighted by Crippen LogP contribution is 2.19. The molecule has 4 aromatic rings. The molecule has 0 aliphatic rings. The van der Waals surface area contributed by atoms with Crippen LogP contribution < -0.4 is 10.6 Å². The summed E-state index contributed by atoms with van der Waals surface area (Å²) in [5.41, 5.74) is 4.74. The monoisotopic (exact) mass is 380 g/mol. The molecule has 0 amide bonds. The van der Waals surface area contributed by atoms with Crippen molar-refractivity contribution in [2.24, 2.45) is 0 Å². The van der Waals surface area contributed by atoms with E-state index in [1.54, 1.807) is 0 Å². The Balaban J connectivity index is 1.53. The summed E-state index contributed by atoms with van der Waals surface area (Å²) >= 11 is 0. The van der Waals surface area contributed by atoms with Gasteiger partial charge in [0.1, 0.15) is 5.82 Å². The SMILES string of the molecule is c1ccc(CNc2ncc(Cc3ccccc3)c(NCc3ccccc3)n2)cc1. The Morgan fingerprint density at radius 1 is 0.586 bits per heavy atom. The van der Waals surface area contributed by atoms with Crippen LogP contribution in [0.4, 0.5) is 11.8 Å². The fourth-order valence-corrected chi connectivity index (χ4v) is 3.15. The van der Waals surface area contributed by atoms with Gasteiger partial charge in [-0.15, -0.1) is 0 Å². The first-order chi connectivity index (χ1) is 14.4. The molecule has 0 radical (unpaired) electrons. The summed E-state index contributed by atoms with van der Waals surface area (Å²) < 4.78 is 0. The Labute approximate surface area is 171 Å². The third-order valence-electron chi connectivity index (χ3n) is 4.70. The van der Waals surface area contributed by atoms with Crippen LogP contribution in [-0.4, -0.2) is 9.97 Å². The first-order valence-corrected chi connectivity index (χ1v) is 9.82. The number of rotatable bonds is 8. The lowest BCUT2D eigenvalue weighted by atomic mass is 10.1. The van der Waals surface area contributed by atoms with Gasteiger partial charge in [0.05, 0.1) is 0 Å². The Kier molecular flexibility index (Phi) is 6.13. The summed E-state index contributed by atoms with van der Waals surface area (Å²) in [4.78, 5) is 9.31. The van der Waals surface area contributed by atoms with Crippen molar-refractivity contribution in [1.82, 2.24) is 9.97 Å². The number of hydrogen-bond acceptors (Lipinski definition) is 4. The minimum Gasteiger partial charge on any atom is -0.366 e. The lowest BCUT2D eigenvalue weighted by molar-refractivity contribution is 1.00. The van der Waals surface area contributed by atoms with Crippen LogP contribution in [0.1, 0.15) is 22.3 Å². The molecule has 0 saturated heterocycles. The van der Waals surface area contributed by atoms with Crippen molar-refractivity contribution in [3.8, 4) is 0 Å². The fraction of sp³-hybridized carbons (Fsp3) is 0.120. The molecule has 144 valence electrons. The third kappa shape index (κ3) is 5.42. The largest absolute Gasteiger partial charge is 0.366 e. The molecule has 3 aromatic carbocycles. The first kappa shape index (κ1) is 18.7. The predicted octanol–water partition coefficient (Wildman–Crippen LogP) is 5.29. The number of nitrogens with zero attached hydrogens (tertiary/aromatic N) is 2. The van der Waals surface area contributed by atoms with Gasteiger partial charge in [-0.2, -0.15) is 4.98 Å². The van der Waals surface area contributed by atoms with E-state index < -0.39 is 0 Å². The molecule has 1 aromatic heterocycles. The predicted molar refractivity (Wildman–Crippen MR) is 119 cm³/mol. The molecule has 0 saturated carbocycles. The molecule has 0 fully saturated rings. The van der Waals surface area contributed by atoms with Gasteiger partial charge in [0, 0.05) is 31.3 Å². The van der Waals surface area contributed by atoms with Crippen molar-refractivity contribution >= 4 is 11.8 Å². The summed E-state index contributed by atoms with van der Waals surface area (Å²) in [5.74, 6) is 1.49. The standard InChI is InChI=1S/C25H24N4/c1-4-10-20(11-5-1)16-23-19-28-25(27-18-22-14-8-3-9-15-22)29-24(23)26-17-21-12-6-2-7-13-21/h1-15,19H,16-18H2,(H2,26,27,28,29). The minimum absolute atomic E-state index is 0.626. The second-order valence-electron chi connectivity index (χ2n) is 6.91. The van der Waals surface area contributed by atoms with Crippen molar-refractivity contribution in [2.45, 2.75) is 19.5 Å². The van der Waals surface area contributed by atoms with Crippen LogP contribution in [0.25, 0.3) is 0 Å². The highest BCUT2D eigenvalue weighted by atomic mass is 15.1. The third-order valence-corrected chi connectivity index (χ3v) is 4.70. The maximum atomic E-state index is 4.77. The molecule has 0 aliphatic heterocycles. The first-order valence-electron chi connectivity index (χ1n) is 9.82. The van der Waals surface area contributed by atoms with Gasteiger partial charge in [-0.1, -0.05) is 91.0 Å². The van der Waals surface area contributed by atoms with E-state index in [0.717, 1.165) is 24.3 Å². The number of anilines is 2. The molecule has 0 spiro atoms. The molecule has 0 bridgehead atoms. The fourth-order valence-electron chi connectivity index (χ4n) is 3.15. The van der Waals surface area contributed by atoms with Crippen LogP contribution in [0.3, 0.4) is 0 Å². The topological polar surface area (TPSA) is 49.8 Å². The van der Waals surface area contributed by atoms with E-state index in [0.29, 0.717) is 12.5 Å². The molecule has 29 heavy (non-hydrogen) atoms. The van der Waals surface area contributed by atoms with Crippen LogP contribution in [0.15, 0.2) is 97.2 Å². The van der Waals surface area contributed by atoms with Gasteiger partial charge in [0.25, 0.3) is 0 Å². The van der Waals surface area contributed by atoms with Crippen LogP contribution in [0, 0.1) is 0 Å². The van der Waals surface area contributed by atoms with E-state index in [-0.39, 0.29) is 0 Å². The van der Waals surface area contributed by atoms with Gasteiger partial charge in [-0.25, -0.2) is 4.98 Å². The van der Waals surface area contributed by atoms with E-state index in [4.69, 9.17) is 4.98 Å². The summed E-state index contributed by atoms with van der Waals surface area (Å²) in [7, 11) is 0. The minimum atomic E-state index is 0.626. The maximum absolute atomic E-state index is 4.77. The summed E-state index contributed by atoms with van der Waals surface area (Å²) in [6, 6.07) is 31.0. The molecule has 0 aliphatic carbocycles. The molecule has 1 heterocycles. The van der Waals surface area contributed by atoms with Crippen LogP contribution in [0.2, 0.25) is 0 Å². The molecule has 4 heteroatoms. The molecule has 2 N–H and O–H groups in total. The second-order valence-corrected chi connectivity index (χ2v) is 6.91. The second kappa shape index (κ2) is 9.51. The van der Waals surface area contributed by atoms with Crippen LogP contribution >= 0.6 is 0 Å². The van der Waals surface area contributed by atoms with Crippen LogP contribution in [-0.2, 0) is 19.5 Å². The Hall–Kier alpha value is -3.66. The van der Waals surface area contributed by atoms with Gasteiger partial charge in [-0.05, 0) is 16.7 Å². The average Bonchev–Trinajstić information content (AvgIpc) is 2.79. The Bertz CT molecular complexity index is 1020. The highest BCUT2D eigenvalue weighted by molar-refractivity contribution is 5.49. The Morgan fingerprint density at radius 2 is 1.10 bits per heavy atom. The normalized spacial score (nSPS) is 10.5. The average molecular weight is 380 g/mol. The summed E-state index contributed by atoms with van der Waals surface area (Å²) in [6.45, 7) is 1.41.